The van der Waals surface area contributed by atoms with Crippen LogP contribution in [0.3, 0.4) is 0 Å². The Bertz CT molecular complexity index is 236. The zero-order valence-corrected chi connectivity index (χ0v) is 6.83. The van der Waals surface area contributed by atoms with Crippen molar-refractivity contribution in [3.63, 3.8) is 0 Å². The molecule has 0 atom stereocenters. The minimum Gasteiger partial charge on any atom is -0.477 e. The fourth-order valence-corrected chi connectivity index (χ4v) is 0.586. The molecule has 0 bridgehead atoms. The van der Waals surface area contributed by atoms with Crippen molar-refractivity contribution < 1.29 is 36.2 Å². The predicted octanol–water partition coefficient (Wildman–Crippen LogP) is 2.39. The number of halogens is 6. The molecule has 0 heterocycles. The first-order valence-corrected chi connectivity index (χ1v) is 3.37. The summed E-state index contributed by atoms with van der Waals surface area (Å²) < 4.78 is 73.6. The van der Waals surface area contributed by atoms with Crippen LogP contribution >= 0.6 is 0 Å². The monoisotopic (exact) mass is 224 g/mol. The van der Waals surface area contributed by atoms with Crippen molar-refractivity contribution in [1.82, 2.24) is 0 Å². The molecule has 0 aromatic heterocycles. The van der Waals surface area contributed by atoms with Crippen molar-refractivity contribution in [2.75, 3.05) is 0 Å². The van der Waals surface area contributed by atoms with Gasteiger partial charge in [0.1, 0.15) is 0 Å². The third-order valence-corrected chi connectivity index (χ3v) is 1.57. The number of hydrogen-bond acceptors (Lipinski definition) is 1. The Morgan fingerprint density at radius 1 is 1.14 bits per heavy atom. The van der Waals surface area contributed by atoms with Crippen molar-refractivity contribution in [3.8, 4) is 0 Å². The molecule has 0 unspecified atom stereocenters. The number of alkyl halides is 6. The first kappa shape index (κ1) is 13.1. The Balaban J connectivity index is 5.24. The van der Waals surface area contributed by atoms with E-state index in [2.05, 4.69) is 0 Å². The Morgan fingerprint density at radius 2 is 1.50 bits per heavy atom. The Labute approximate surface area is 74.5 Å². The van der Waals surface area contributed by atoms with Crippen LogP contribution in [0.5, 0.6) is 0 Å². The van der Waals surface area contributed by atoms with Crippen molar-refractivity contribution in [2.45, 2.75) is 31.1 Å². The van der Waals surface area contributed by atoms with E-state index in [1.807, 2.05) is 0 Å². The molecular formula is C6H6F6O2. The summed E-state index contributed by atoms with van der Waals surface area (Å²) in [5, 5.41) is 7.67. The largest absolute Gasteiger partial charge is 0.477 e. The first-order valence-electron chi connectivity index (χ1n) is 3.37. The molecule has 1 N–H and O–H groups in total. The number of aliphatic carboxylic acids is 1. The van der Waals surface area contributed by atoms with E-state index in [0.717, 1.165) is 0 Å². The van der Waals surface area contributed by atoms with Crippen LogP contribution in [0.2, 0.25) is 0 Å². The number of carboxylic acid groups (broad SMARTS) is 1. The van der Waals surface area contributed by atoms with Crippen LogP contribution in [0, 0.1) is 0 Å². The summed E-state index contributed by atoms with van der Waals surface area (Å²) >= 11 is 0. The fraction of sp³-hybridized carbons (Fsp3) is 0.833. The fourth-order valence-electron chi connectivity index (χ4n) is 0.586. The van der Waals surface area contributed by atoms with Gasteiger partial charge in [-0.2, -0.15) is 26.3 Å². The van der Waals surface area contributed by atoms with Crippen molar-refractivity contribution in [1.29, 1.82) is 0 Å². The zero-order chi connectivity index (χ0) is 11.8. The van der Waals surface area contributed by atoms with Gasteiger partial charge in [-0.1, -0.05) is 6.92 Å². The highest BCUT2D eigenvalue weighted by atomic mass is 19.3. The lowest BCUT2D eigenvalue weighted by Gasteiger charge is -2.29. The summed E-state index contributed by atoms with van der Waals surface area (Å²) in [6, 6.07) is 0. The molecular weight excluding hydrogens is 218 g/mol. The molecule has 0 saturated heterocycles. The van der Waals surface area contributed by atoms with Gasteiger partial charge >= 0.3 is 23.7 Å². The second-order valence-electron chi connectivity index (χ2n) is 2.51. The van der Waals surface area contributed by atoms with Gasteiger partial charge in [0.15, 0.2) is 0 Å². The van der Waals surface area contributed by atoms with E-state index in [4.69, 9.17) is 5.11 Å². The Hall–Kier alpha value is -0.950. The topological polar surface area (TPSA) is 37.3 Å². The van der Waals surface area contributed by atoms with Gasteiger partial charge in [-0.25, -0.2) is 4.79 Å². The summed E-state index contributed by atoms with van der Waals surface area (Å²) in [6.07, 6.45) is -1.58. The standard InChI is InChI=1S/C6H6F6O2/c1-2-4(7,8)6(11,12)5(9,10)3(13)14/h2H2,1H3,(H,13,14). The van der Waals surface area contributed by atoms with E-state index < -0.39 is 30.2 Å². The molecule has 0 amide bonds. The molecule has 0 rings (SSSR count). The summed E-state index contributed by atoms with van der Waals surface area (Å²) in [4.78, 5) is 9.67. The average Bonchev–Trinajstić information content (AvgIpc) is 2.03. The first-order chi connectivity index (χ1) is 6.00. The molecule has 0 radical (unpaired) electrons. The van der Waals surface area contributed by atoms with E-state index in [0.29, 0.717) is 6.92 Å². The molecule has 0 aromatic rings. The lowest BCUT2D eigenvalue weighted by Crippen LogP contribution is -2.57. The molecule has 2 nitrogen and oxygen atoms in total. The highest BCUT2D eigenvalue weighted by Crippen LogP contribution is 2.47. The van der Waals surface area contributed by atoms with Crippen LogP contribution < -0.4 is 0 Å². The molecule has 0 aromatic carbocycles. The Morgan fingerprint density at radius 3 is 1.71 bits per heavy atom. The third-order valence-electron chi connectivity index (χ3n) is 1.57. The van der Waals surface area contributed by atoms with Gasteiger partial charge in [0.25, 0.3) is 0 Å². The molecule has 0 spiro atoms. The molecule has 0 fully saturated rings. The number of hydrogen-bond donors (Lipinski definition) is 1. The van der Waals surface area contributed by atoms with Crippen LogP contribution in [0.1, 0.15) is 13.3 Å². The highest BCUT2D eigenvalue weighted by Gasteiger charge is 2.74. The maximum Gasteiger partial charge on any atom is 0.410 e. The number of rotatable bonds is 4. The SMILES string of the molecule is CCC(F)(F)C(F)(F)C(F)(F)C(=O)O. The van der Waals surface area contributed by atoms with Crippen molar-refractivity contribution in [2.24, 2.45) is 0 Å². The lowest BCUT2D eigenvalue weighted by atomic mass is 10.0. The molecule has 0 aliphatic rings. The van der Waals surface area contributed by atoms with Gasteiger partial charge in [-0.3, -0.25) is 0 Å². The van der Waals surface area contributed by atoms with Gasteiger partial charge in [0.05, 0.1) is 0 Å². The van der Waals surface area contributed by atoms with Gasteiger partial charge in [0, 0.05) is 6.42 Å². The molecule has 0 saturated carbocycles. The molecule has 0 aliphatic carbocycles. The van der Waals surface area contributed by atoms with Gasteiger partial charge in [-0.05, 0) is 0 Å². The van der Waals surface area contributed by atoms with Crippen LogP contribution in [0.15, 0.2) is 0 Å². The van der Waals surface area contributed by atoms with Crippen molar-refractivity contribution in [3.05, 3.63) is 0 Å². The molecule has 14 heavy (non-hydrogen) atoms. The van der Waals surface area contributed by atoms with E-state index in [1.165, 1.54) is 0 Å². The highest BCUT2D eigenvalue weighted by molar-refractivity contribution is 5.77. The van der Waals surface area contributed by atoms with E-state index in [9.17, 15) is 31.1 Å². The van der Waals surface area contributed by atoms with E-state index >= 15 is 0 Å². The minimum atomic E-state index is -5.90. The van der Waals surface area contributed by atoms with Crippen molar-refractivity contribution >= 4 is 5.97 Å². The normalized spacial score (nSPS) is 14.2. The minimum absolute atomic E-state index is 0.547. The Kier molecular flexibility index (Phi) is 3.10. The quantitative estimate of drug-likeness (QED) is 0.744. The van der Waals surface area contributed by atoms with Crippen LogP contribution in [-0.2, 0) is 4.79 Å². The zero-order valence-electron chi connectivity index (χ0n) is 6.83. The van der Waals surface area contributed by atoms with Crippen LogP contribution in [0.25, 0.3) is 0 Å². The van der Waals surface area contributed by atoms with Crippen LogP contribution in [0.4, 0.5) is 26.3 Å². The lowest BCUT2D eigenvalue weighted by molar-refractivity contribution is -0.303. The average molecular weight is 224 g/mol. The summed E-state index contributed by atoms with van der Waals surface area (Å²) in [5.41, 5.74) is 0. The third kappa shape index (κ3) is 1.64. The maximum absolute atomic E-state index is 12.3. The summed E-state index contributed by atoms with van der Waals surface area (Å²) in [7, 11) is 0. The van der Waals surface area contributed by atoms with E-state index in [-0.39, 0.29) is 0 Å². The maximum atomic E-state index is 12.3. The number of carbonyl (C=O) groups is 1. The second kappa shape index (κ2) is 3.32. The van der Waals surface area contributed by atoms with Gasteiger partial charge < -0.3 is 5.11 Å². The molecule has 84 valence electrons. The smallest absolute Gasteiger partial charge is 0.410 e. The van der Waals surface area contributed by atoms with Gasteiger partial charge in [0.2, 0.25) is 0 Å². The molecule has 8 heteroatoms. The van der Waals surface area contributed by atoms with E-state index in [1.54, 1.807) is 0 Å². The second-order valence-corrected chi connectivity index (χ2v) is 2.51. The van der Waals surface area contributed by atoms with Gasteiger partial charge in [-0.15, -0.1) is 0 Å². The predicted molar refractivity (Wildman–Crippen MR) is 32.8 cm³/mol. The number of carboxylic acids is 1. The van der Waals surface area contributed by atoms with Crippen LogP contribution in [-0.4, -0.2) is 28.8 Å². The summed E-state index contributed by atoms with van der Waals surface area (Å²) in [6.45, 7) is 0.547. The summed E-state index contributed by atoms with van der Waals surface area (Å²) in [5.74, 6) is -20.0. The molecule has 0 aliphatic heterocycles.